The van der Waals surface area contributed by atoms with Crippen molar-refractivity contribution in [2.75, 3.05) is 20.2 Å². The summed E-state index contributed by atoms with van der Waals surface area (Å²) in [4.78, 5) is 0.890. The Bertz CT molecular complexity index is 469. The number of ether oxygens (including phenoxy) is 1. The summed E-state index contributed by atoms with van der Waals surface area (Å²) >= 11 is 0. The van der Waals surface area contributed by atoms with Crippen LogP contribution in [0.1, 0.15) is 72.8 Å². The third-order valence-corrected chi connectivity index (χ3v) is 5.13. The summed E-state index contributed by atoms with van der Waals surface area (Å²) in [6.07, 6.45) is 2.33. The van der Waals surface area contributed by atoms with Crippen molar-refractivity contribution in [3.05, 3.63) is 29.8 Å². The molecule has 0 aromatic heterocycles. The highest BCUT2D eigenvalue weighted by atomic mass is 32.2. The first-order chi connectivity index (χ1) is 11.8. The Kier molecular flexibility index (Phi) is 13.1. The Hall–Kier alpha value is -0.710. The van der Waals surface area contributed by atoms with Crippen LogP contribution in [0.15, 0.2) is 29.2 Å². The van der Waals surface area contributed by atoms with Crippen LogP contribution in [0.4, 0.5) is 0 Å². The first kappa shape index (κ1) is 24.3. The molecule has 0 bridgehead atoms. The summed E-state index contributed by atoms with van der Waals surface area (Å²) < 4.78 is 19.9. The minimum absolute atomic E-state index is 0.215. The van der Waals surface area contributed by atoms with Crippen LogP contribution in [0.3, 0.4) is 0 Å². The van der Waals surface area contributed by atoms with Crippen LogP contribution in [0.5, 0.6) is 0 Å². The lowest BCUT2D eigenvalue weighted by Gasteiger charge is -2.30. The molecule has 0 amide bonds. The smallest absolute Gasteiger partial charge is 0.127 e. The predicted molar refractivity (Wildman–Crippen MR) is 110 cm³/mol. The van der Waals surface area contributed by atoms with E-state index in [1.807, 2.05) is 30.3 Å². The molecular formula is C21H39NO2S. The van der Waals surface area contributed by atoms with Gasteiger partial charge in [-0.25, -0.2) is 8.51 Å². The molecular weight excluding hydrogens is 330 g/mol. The van der Waals surface area contributed by atoms with Crippen LogP contribution in [0, 0.1) is 5.92 Å². The van der Waals surface area contributed by atoms with Gasteiger partial charge in [-0.3, -0.25) is 0 Å². The zero-order chi connectivity index (χ0) is 19.4. The van der Waals surface area contributed by atoms with E-state index in [4.69, 9.17) is 4.74 Å². The molecule has 1 heterocycles. The molecule has 0 N–H and O–H groups in total. The predicted octanol–water partition coefficient (Wildman–Crippen LogP) is 5.63. The minimum atomic E-state index is -1.06. The van der Waals surface area contributed by atoms with Gasteiger partial charge in [0.2, 0.25) is 0 Å². The Morgan fingerprint density at radius 1 is 1.08 bits per heavy atom. The largest absolute Gasteiger partial charge is 0.380 e. The van der Waals surface area contributed by atoms with E-state index in [1.54, 1.807) is 7.11 Å². The molecule has 1 aromatic rings. The molecule has 2 rings (SSSR count). The van der Waals surface area contributed by atoms with Gasteiger partial charge in [-0.1, -0.05) is 60.6 Å². The van der Waals surface area contributed by atoms with E-state index in [0.29, 0.717) is 5.92 Å². The number of benzene rings is 1. The average Bonchev–Trinajstić information content (AvgIpc) is 2.62. The number of piperidine rings is 1. The lowest BCUT2D eigenvalue weighted by molar-refractivity contribution is 0.0586. The second kappa shape index (κ2) is 13.5. The average molecular weight is 370 g/mol. The molecule has 1 fully saturated rings. The van der Waals surface area contributed by atoms with Crippen LogP contribution in [0.2, 0.25) is 0 Å². The maximum Gasteiger partial charge on any atom is 0.127 e. The fourth-order valence-corrected chi connectivity index (χ4v) is 3.63. The fraction of sp³-hybridized carbons (Fsp3) is 0.714. The van der Waals surface area contributed by atoms with E-state index in [9.17, 15) is 4.21 Å². The van der Waals surface area contributed by atoms with Crippen molar-refractivity contribution in [2.24, 2.45) is 5.92 Å². The Morgan fingerprint density at radius 3 is 2.04 bits per heavy atom. The van der Waals surface area contributed by atoms with Gasteiger partial charge in [0.05, 0.1) is 11.0 Å². The van der Waals surface area contributed by atoms with Gasteiger partial charge >= 0.3 is 0 Å². The lowest BCUT2D eigenvalue weighted by atomic mass is 10.0. The van der Waals surface area contributed by atoms with E-state index in [0.717, 1.165) is 36.7 Å². The van der Waals surface area contributed by atoms with E-state index in [2.05, 4.69) is 46.8 Å². The number of methoxy groups -OCH3 is 1. The van der Waals surface area contributed by atoms with Crippen LogP contribution < -0.4 is 0 Å². The molecule has 1 aliphatic rings. The van der Waals surface area contributed by atoms with Crippen molar-refractivity contribution in [3.63, 3.8) is 0 Å². The molecule has 1 aliphatic heterocycles. The molecule has 0 spiro atoms. The van der Waals surface area contributed by atoms with Crippen molar-refractivity contribution in [1.29, 1.82) is 0 Å². The van der Waals surface area contributed by atoms with Crippen molar-refractivity contribution >= 4 is 11.0 Å². The van der Waals surface area contributed by atoms with Crippen LogP contribution in [-0.4, -0.2) is 34.8 Å². The molecule has 0 aliphatic carbocycles. The maximum atomic E-state index is 12.5. The summed E-state index contributed by atoms with van der Waals surface area (Å²) in [5.41, 5.74) is 1.29. The Labute approximate surface area is 158 Å². The normalized spacial score (nSPS) is 18.9. The van der Waals surface area contributed by atoms with Gasteiger partial charge < -0.3 is 4.74 Å². The number of hydrogen-bond acceptors (Lipinski definition) is 2. The molecule has 25 heavy (non-hydrogen) atoms. The van der Waals surface area contributed by atoms with Crippen molar-refractivity contribution < 1.29 is 8.95 Å². The summed E-state index contributed by atoms with van der Waals surface area (Å²) in [5, 5.41) is 0. The quantitative estimate of drug-likeness (QED) is 0.688. The third-order valence-electron chi connectivity index (χ3n) is 3.66. The number of rotatable bonds is 4. The molecule has 2 unspecified atom stereocenters. The molecule has 1 aromatic carbocycles. The maximum absolute atomic E-state index is 12.5. The van der Waals surface area contributed by atoms with E-state index in [-0.39, 0.29) is 6.10 Å². The molecule has 2 atom stereocenters. The minimum Gasteiger partial charge on any atom is -0.380 e. The first-order valence-corrected chi connectivity index (χ1v) is 10.7. The van der Waals surface area contributed by atoms with Crippen molar-refractivity contribution in [3.8, 4) is 0 Å². The Morgan fingerprint density at radius 2 is 1.60 bits per heavy atom. The zero-order valence-electron chi connectivity index (χ0n) is 17.5. The Balaban J connectivity index is 0.000000845. The third kappa shape index (κ3) is 9.53. The topological polar surface area (TPSA) is 29.5 Å². The molecule has 0 saturated carbocycles. The standard InChI is InChI=1S/C15H23NO2S.C4H10.C2H6/c1-12(2)13-6-8-15(9-7-13)19(17)16-10-4-5-14(11-16)18-3;1-4(2)3;1-2/h6-9,12,14H,4-5,10-11H2,1-3H3;4H,1-3H3;1-2H3. The molecule has 0 radical (unpaired) electrons. The summed E-state index contributed by atoms with van der Waals surface area (Å²) in [6, 6.07) is 8.13. The SMILES string of the molecule is CC.CC(C)C.COC1CCCN(S(=O)c2ccc(C(C)C)cc2)C1. The van der Waals surface area contributed by atoms with Gasteiger partial charge in [0.15, 0.2) is 0 Å². The lowest BCUT2D eigenvalue weighted by Crippen LogP contribution is -2.40. The number of hydrogen-bond donors (Lipinski definition) is 0. The van der Waals surface area contributed by atoms with Crippen molar-refractivity contribution in [2.45, 2.75) is 78.2 Å². The van der Waals surface area contributed by atoms with Gasteiger partial charge in [0.1, 0.15) is 11.0 Å². The highest BCUT2D eigenvalue weighted by molar-refractivity contribution is 7.82. The monoisotopic (exact) mass is 369 g/mol. The number of nitrogens with zero attached hydrogens (tertiary/aromatic N) is 1. The molecule has 4 heteroatoms. The second-order valence-electron chi connectivity index (χ2n) is 7.09. The van der Waals surface area contributed by atoms with E-state index < -0.39 is 11.0 Å². The first-order valence-electron chi connectivity index (χ1n) is 9.64. The summed E-state index contributed by atoms with van der Waals surface area (Å²) in [6.45, 7) is 16.5. The molecule has 1 saturated heterocycles. The fourth-order valence-electron chi connectivity index (χ4n) is 2.37. The zero-order valence-corrected chi connectivity index (χ0v) is 18.4. The van der Waals surface area contributed by atoms with Gasteiger partial charge in [-0.2, -0.15) is 0 Å². The van der Waals surface area contributed by atoms with Crippen LogP contribution >= 0.6 is 0 Å². The van der Waals surface area contributed by atoms with Crippen LogP contribution in [0.25, 0.3) is 0 Å². The highest BCUT2D eigenvalue weighted by Crippen LogP contribution is 2.21. The van der Waals surface area contributed by atoms with Gasteiger partial charge in [0, 0.05) is 20.2 Å². The second-order valence-corrected chi connectivity index (χ2v) is 8.58. The van der Waals surface area contributed by atoms with Gasteiger partial charge in [0.25, 0.3) is 0 Å². The van der Waals surface area contributed by atoms with E-state index >= 15 is 0 Å². The van der Waals surface area contributed by atoms with Gasteiger partial charge in [-0.05, 0) is 42.4 Å². The molecule has 3 nitrogen and oxygen atoms in total. The highest BCUT2D eigenvalue weighted by Gasteiger charge is 2.24. The van der Waals surface area contributed by atoms with Crippen LogP contribution in [-0.2, 0) is 15.7 Å². The summed E-state index contributed by atoms with van der Waals surface area (Å²) in [5.74, 6) is 1.34. The summed E-state index contributed by atoms with van der Waals surface area (Å²) in [7, 11) is 0.670. The van der Waals surface area contributed by atoms with Gasteiger partial charge in [-0.15, -0.1) is 0 Å². The van der Waals surface area contributed by atoms with E-state index in [1.165, 1.54) is 5.56 Å². The molecule has 146 valence electrons. The van der Waals surface area contributed by atoms with Crippen molar-refractivity contribution in [1.82, 2.24) is 4.31 Å².